The molecule has 1 unspecified atom stereocenters. The summed E-state index contributed by atoms with van der Waals surface area (Å²) in [5.74, 6) is -0.123. The summed E-state index contributed by atoms with van der Waals surface area (Å²) in [7, 11) is -3.50. The number of rotatable bonds is 5. The van der Waals surface area contributed by atoms with Crippen molar-refractivity contribution >= 4 is 15.9 Å². The lowest BCUT2D eigenvalue weighted by Gasteiger charge is -2.31. The molecule has 1 atom stereocenters. The van der Waals surface area contributed by atoms with Gasteiger partial charge in [0.05, 0.1) is 10.9 Å². The topological polar surface area (TPSA) is 66.5 Å². The minimum atomic E-state index is -3.50. The Morgan fingerprint density at radius 2 is 1.65 bits per heavy atom. The maximum absolute atomic E-state index is 12.9. The minimum Gasteiger partial charge on any atom is -0.349 e. The van der Waals surface area contributed by atoms with Crippen LogP contribution >= 0.6 is 0 Å². The molecule has 0 bridgehead atoms. The van der Waals surface area contributed by atoms with Crippen LogP contribution in [0.15, 0.2) is 47.4 Å². The molecule has 31 heavy (non-hydrogen) atoms. The van der Waals surface area contributed by atoms with Gasteiger partial charge in [0.15, 0.2) is 0 Å². The molecule has 4 rings (SSSR count). The molecule has 0 radical (unpaired) electrons. The van der Waals surface area contributed by atoms with Gasteiger partial charge in [-0.3, -0.25) is 4.79 Å². The number of hydrogen-bond acceptors (Lipinski definition) is 3. The Morgan fingerprint density at radius 1 is 1.00 bits per heavy atom. The molecule has 1 fully saturated rings. The number of hydrogen-bond donors (Lipinski definition) is 1. The van der Waals surface area contributed by atoms with Crippen LogP contribution in [0.1, 0.15) is 60.9 Å². The first-order chi connectivity index (χ1) is 14.8. The Balaban J connectivity index is 1.34. The van der Waals surface area contributed by atoms with E-state index < -0.39 is 10.0 Å². The van der Waals surface area contributed by atoms with Gasteiger partial charge in [0, 0.05) is 19.0 Å². The number of aryl methyl sites for hydroxylation is 3. The zero-order valence-electron chi connectivity index (χ0n) is 18.4. The van der Waals surface area contributed by atoms with Crippen molar-refractivity contribution in [1.82, 2.24) is 9.62 Å². The van der Waals surface area contributed by atoms with Gasteiger partial charge in [0.1, 0.15) is 0 Å². The molecule has 2 aromatic rings. The van der Waals surface area contributed by atoms with Gasteiger partial charge in [-0.2, -0.15) is 4.31 Å². The third-order valence-electron chi connectivity index (χ3n) is 6.71. The summed E-state index contributed by atoms with van der Waals surface area (Å²) in [4.78, 5) is 13.2. The van der Waals surface area contributed by atoms with Crippen molar-refractivity contribution < 1.29 is 13.2 Å². The second kappa shape index (κ2) is 9.13. The van der Waals surface area contributed by atoms with Crippen molar-refractivity contribution in [3.05, 3.63) is 64.7 Å². The van der Waals surface area contributed by atoms with E-state index in [0.717, 1.165) is 24.0 Å². The number of fused-ring (bicyclic) bond motifs is 1. The minimum absolute atomic E-state index is 0.0256. The van der Waals surface area contributed by atoms with Gasteiger partial charge in [0.2, 0.25) is 15.9 Å². The van der Waals surface area contributed by atoms with Crippen LogP contribution in [-0.2, 0) is 27.7 Å². The average Bonchev–Trinajstić information content (AvgIpc) is 2.79. The van der Waals surface area contributed by atoms with E-state index in [4.69, 9.17) is 0 Å². The molecule has 0 spiro atoms. The highest BCUT2D eigenvalue weighted by atomic mass is 32.2. The lowest BCUT2D eigenvalue weighted by molar-refractivity contribution is -0.126. The van der Waals surface area contributed by atoms with Crippen LogP contribution in [0, 0.1) is 12.8 Å². The highest BCUT2D eigenvalue weighted by molar-refractivity contribution is 7.89. The number of piperidine rings is 1. The molecule has 166 valence electrons. The van der Waals surface area contributed by atoms with Crippen LogP contribution in [0.4, 0.5) is 0 Å². The predicted octanol–water partition coefficient (Wildman–Crippen LogP) is 4.15. The standard InChI is InChI=1S/C25H32N2O3S/c1-18-7-11-24(12-8-18)31(29,30)27-15-13-21(14-16-27)25(28)26-19(2)22-10-9-20-5-3-4-6-23(20)17-22/h7-12,17,19,21H,3-6,13-16H2,1-2H3,(H,26,28). The number of carbonyl (C=O) groups is 1. The van der Waals surface area contributed by atoms with Gasteiger partial charge < -0.3 is 5.32 Å². The molecule has 1 saturated heterocycles. The Kier molecular flexibility index (Phi) is 6.49. The molecule has 6 heteroatoms. The largest absolute Gasteiger partial charge is 0.349 e. The van der Waals surface area contributed by atoms with Crippen molar-refractivity contribution in [3.8, 4) is 0 Å². The van der Waals surface area contributed by atoms with Crippen LogP contribution in [-0.4, -0.2) is 31.7 Å². The number of nitrogens with zero attached hydrogens (tertiary/aromatic N) is 1. The SMILES string of the molecule is Cc1ccc(S(=O)(=O)N2CCC(C(=O)NC(C)c3ccc4c(c3)CCCC4)CC2)cc1. The van der Waals surface area contributed by atoms with E-state index in [9.17, 15) is 13.2 Å². The van der Waals surface area contributed by atoms with E-state index in [1.165, 1.54) is 28.3 Å². The first-order valence-corrected chi connectivity index (χ1v) is 12.8. The summed E-state index contributed by atoms with van der Waals surface area (Å²) >= 11 is 0. The monoisotopic (exact) mass is 440 g/mol. The van der Waals surface area contributed by atoms with E-state index in [0.29, 0.717) is 30.8 Å². The highest BCUT2D eigenvalue weighted by Crippen LogP contribution is 2.27. The van der Waals surface area contributed by atoms with E-state index in [1.54, 1.807) is 12.1 Å². The Bertz CT molecular complexity index is 1040. The fourth-order valence-corrected chi connectivity index (χ4v) is 6.12. The Morgan fingerprint density at radius 3 is 2.32 bits per heavy atom. The van der Waals surface area contributed by atoms with Crippen molar-refractivity contribution in [1.29, 1.82) is 0 Å². The zero-order valence-corrected chi connectivity index (χ0v) is 19.2. The van der Waals surface area contributed by atoms with Crippen LogP contribution < -0.4 is 5.32 Å². The van der Waals surface area contributed by atoms with Gasteiger partial charge in [-0.15, -0.1) is 0 Å². The fourth-order valence-electron chi connectivity index (χ4n) is 4.65. The summed E-state index contributed by atoms with van der Waals surface area (Å²) in [5, 5.41) is 3.16. The molecule has 1 N–H and O–H groups in total. The maximum atomic E-state index is 12.9. The smallest absolute Gasteiger partial charge is 0.243 e. The Hall–Kier alpha value is -2.18. The predicted molar refractivity (Wildman–Crippen MR) is 122 cm³/mol. The quantitative estimate of drug-likeness (QED) is 0.759. The van der Waals surface area contributed by atoms with Crippen LogP contribution in [0.5, 0.6) is 0 Å². The highest BCUT2D eigenvalue weighted by Gasteiger charge is 2.32. The number of benzene rings is 2. The van der Waals surface area contributed by atoms with Crippen LogP contribution in [0.25, 0.3) is 0 Å². The number of carbonyl (C=O) groups excluding carboxylic acids is 1. The molecule has 1 heterocycles. The molecule has 5 nitrogen and oxygen atoms in total. The van der Waals surface area contributed by atoms with Gasteiger partial charge in [0.25, 0.3) is 0 Å². The van der Waals surface area contributed by atoms with Crippen LogP contribution in [0.2, 0.25) is 0 Å². The van der Waals surface area contributed by atoms with E-state index in [-0.39, 0.29) is 17.9 Å². The third-order valence-corrected chi connectivity index (χ3v) is 8.63. The molecule has 2 aromatic carbocycles. The first-order valence-electron chi connectivity index (χ1n) is 11.3. The van der Waals surface area contributed by atoms with Crippen molar-refractivity contribution in [2.75, 3.05) is 13.1 Å². The molecule has 2 aliphatic rings. The summed E-state index contributed by atoms with van der Waals surface area (Å²) in [6, 6.07) is 13.5. The summed E-state index contributed by atoms with van der Waals surface area (Å²) in [5.41, 5.74) is 5.03. The first kappa shape index (κ1) is 22.0. The van der Waals surface area contributed by atoms with E-state index in [2.05, 4.69) is 23.5 Å². The maximum Gasteiger partial charge on any atom is 0.243 e. The van der Waals surface area contributed by atoms with Gasteiger partial charge in [-0.05, 0) is 81.2 Å². The average molecular weight is 441 g/mol. The van der Waals surface area contributed by atoms with Crippen molar-refractivity contribution in [2.45, 2.75) is 63.3 Å². The van der Waals surface area contributed by atoms with Gasteiger partial charge >= 0.3 is 0 Å². The van der Waals surface area contributed by atoms with Crippen molar-refractivity contribution in [2.24, 2.45) is 5.92 Å². The van der Waals surface area contributed by atoms with Gasteiger partial charge in [-0.25, -0.2) is 8.42 Å². The second-order valence-electron chi connectivity index (χ2n) is 8.96. The molecule has 0 saturated carbocycles. The summed E-state index contributed by atoms with van der Waals surface area (Å²) in [6.45, 7) is 4.72. The summed E-state index contributed by atoms with van der Waals surface area (Å²) < 4.78 is 27.3. The molecule has 1 aliphatic carbocycles. The number of amides is 1. The summed E-state index contributed by atoms with van der Waals surface area (Å²) in [6.07, 6.45) is 5.87. The molecular formula is C25H32N2O3S. The number of nitrogens with one attached hydrogen (secondary N) is 1. The van der Waals surface area contributed by atoms with E-state index in [1.807, 2.05) is 26.0 Å². The molecule has 1 amide bonds. The normalized spacial score (nSPS) is 18.9. The number of sulfonamides is 1. The fraction of sp³-hybridized carbons (Fsp3) is 0.480. The molecule has 1 aliphatic heterocycles. The second-order valence-corrected chi connectivity index (χ2v) is 10.9. The lowest BCUT2D eigenvalue weighted by atomic mass is 9.89. The Labute approximate surface area is 185 Å². The zero-order chi connectivity index (χ0) is 22.0. The molecule has 0 aromatic heterocycles. The van der Waals surface area contributed by atoms with Crippen molar-refractivity contribution in [3.63, 3.8) is 0 Å². The van der Waals surface area contributed by atoms with Crippen LogP contribution in [0.3, 0.4) is 0 Å². The van der Waals surface area contributed by atoms with Gasteiger partial charge in [-0.1, -0.05) is 35.9 Å². The third kappa shape index (κ3) is 4.85. The van der Waals surface area contributed by atoms with E-state index >= 15 is 0 Å². The molecular weight excluding hydrogens is 408 g/mol. The lowest BCUT2D eigenvalue weighted by Crippen LogP contribution is -2.43.